The van der Waals surface area contributed by atoms with Crippen LogP contribution in [-0.2, 0) is 0 Å². The standard InChI is InChI=1S/C15H23N3O/c1-11-5-6-13(18-16)12(9-11)14(19)17-10-15(2)7-3-4-8-15/h5-6,9,18H,3-4,7-8,10,16H2,1-2H3,(H,17,19). The lowest BCUT2D eigenvalue weighted by atomic mass is 9.89. The zero-order chi connectivity index (χ0) is 13.9. The Bertz CT molecular complexity index is 464. The van der Waals surface area contributed by atoms with E-state index in [-0.39, 0.29) is 11.3 Å². The summed E-state index contributed by atoms with van der Waals surface area (Å²) in [5, 5.41) is 3.05. The highest BCUT2D eigenvalue weighted by molar-refractivity contribution is 5.99. The van der Waals surface area contributed by atoms with Crippen LogP contribution in [0.15, 0.2) is 18.2 Å². The second-order valence-electron chi connectivity index (χ2n) is 5.89. The smallest absolute Gasteiger partial charge is 0.253 e. The summed E-state index contributed by atoms with van der Waals surface area (Å²) >= 11 is 0. The van der Waals surface area contributed by atoms with Gasteiger partial charge in [0.1, 0.15) is 0 Å². The van der Waals surface area contributed by atoms with E-state index in [0.717, 1.165) is 12.1 Å². The van der Waals surface area contributed by atoms with E-state index >= 15 is 0 Å². The van der Waals surface area contributed by atoms with E-state index in [9.17, 15) is 4.79 Å². The molecule has 0 aromatic heterocycles. The van der Waals surface area contributed by atoms with E-state index in [1.54, 1.807) is 0 Å². The number of rotatable bonds is 4. The first-order valence-corrected chi connectivity index (χ1v) is 6.90. The molecule has 0 atom stereocenters. The third kappa shape index (κ3) is 3.26. The van der Waals surface area contributed by atoms with Crippen LogP contribution in [0.1, 0.15) is 48.5 Å². The van der Waals surface area contributed by atoms with Gasteiger partial charge in [0.15, 0.2) is 0 Å². The number of amides is 1. The molecular weight excluding hydrogens is 238 g/mol. The molecule has 1 aromatic rings. The molecule has 1 aliphatic rings. The number of nitrogen functional groups attached to an aromatic ring is 1. The van der Waals surface area contributed by atoms with E-state index in [4.69, 9.17) is 5.84 Å². The summed E-state index contributed by atoms with van der Waals surface area (Å²) in [5.74, 6) is 5.40. The molecule has 1 aromatic carbocycles. The minimum absolute atomic E-state index is 0.0511. The van der Waals surface area contributed by atoms with Crippen LogP contribution in [0.3, 0.4) is 0 Å². The molecule has 4 N–H and O–H groups in total. The summed E-state index contributed by atoms with van der Waals surface area (Å²) in [7, 11) is 0. The Labute approximate surface area is 114 Å². The van der Waals surface area contributed by atoms with E-state index in [1.165, 1.54) is 25.7 Å². The number of anilines is 1. The molecule has 104 valence electrons. The fourth-order valence-electron chi connectivity index (χ4n) is 2.77. The van der Waals surface area contributed by atoms with Crippen molar-refractivity contribution in [2.75, 3.05) is 12.0 Å². The average molecular weight is 261 g/mol. The molecule has 0 spiro atoms. The molecule has 2 rings (SSSR count). The third-order valence-corrected chi connectivity index (χ3v) is 4.06. The maximum absolute atomic E-state index is 12.3. The summed E-state index contributed by atoms with van der Waals surface area (Å²) in [5.41, 5.74) is 5.17. The summed E-state index contributed by atoms with van der Waals surface area (Å²) in [4.78, 5) is 12.3. The number of nitrogens with one attached hydrogen (secondary N) is 2. The van der Waals surface area contributed by atoms with Gasteiger partial charge in [-0.15, -0.1) is 0 Å². The Morgan fingerprint density at radius 3 is 2.68 bits per heavy atom. The van der Waals surface area contributed by atoms with E-state index in [0.29, 0.717) is 11.3 Å². The van der Waals surface area contributed by atoms with Crippen molar-refractivity contribution >= 4 is 11.6 Å². The minimum atomic E-state index is -0.0511. The third-order valence-electron chi connectivity index (χ3n) is 4.06. The summed E-state index contributed by atoms with van der Waals surface area (Å²) in [6.45, 7) is 4.96. The second kappa shape index (κ2) is 5.61. The lowest BCUT2D eigenvalue weighted by Gasteiger charge is -2.24. The largest absolute Gasteiger partial charge is 0.351 e. The highest BCUT2D eigenvalue weighted by atomic mass is 16.1. The SMILES string of the molecule is Cc1ccc(NN)c(C(=O)NCC2(C)CCCC2)c1. The monoisotopic (exact) mass is 261 g/mol. The molecular formula is C15H23N3O. The van der Waals surface area contributed by atoms with Crippen molar-refractivity contribution in [3.8, 4) is 0 Å². The van der Waals surface area contributed by atoms with Gasteiger partial charge in [-0.25, -0.2) is 0 Å². The molecule has 1 saturated carbocycles. The van der Waals surface area contributed by atoms with Crippen LogP contribution in [0.2, 0.25) is 0 Å². The predicted octanol–water partition coefficient (Wildman–Crippen LogP) is 2.59. The number of nitrogens with two attached hydrogens (primary N) is 1. The molecule has 4 nitrogen and oxygen atoms in total. The quantitative estimate of drug-likeness (QED) is 0.576. The molecule has 0 aliphatic heterocycles. The summed E-state index contributed by atoms with van der Waals surface area (Å²) in [6, 6.07) is 5.63. The van der Waals surface area contributed by atoms with Crippen molar-refractivity contribution in [1.29, 1.82) is 0 Å². The topological polar surface area (TPSA) is 67.1 Å². The van der Waals surface area contributed by atoms with Gasteiger partial charge in [0.2, 0.25) is 0 Å². The Morgan fingerprint density at radius 1 is 1.37 bits per heavy atom. The van der Waals surface area contributed by atoms with E-state index < -0.39 is 0 Å². The van der Waals surface area contributed by atoms with Crippen LogP contribution in [0.25, 0.3) is 0 Å². The van der Waals surface area contributed by atoms with Crippen molar-refractivity contribution < 1.29 is 4.79 Å². The first-order valence-electron chi connectivity index (χ1n) is 6.90. The Hall–Kier alpha value is -1.55. The van der Waals surface area contributed by atoms with Gasteiger partial charge in [-0.1, -0.05) is 31.4 Å². The lowest BCUT2D eigenvalue weighted by molar-refractivity contribution is 0.0935. The second-order valence-corrected chi connectivity index (χ2v) is 5.89. The van der Waals surface area contributed by atoms with Gasteiger partial charge in [0.25, 0.3) is 5.91 Å². The molecule has 0 heterocycles. The molecule has 4 heteroatoms. The molecule has 0 bridgehead atoms. The number of hydrazine groups is 1. The fraction of sp³-hybridized carbons (Fsp3) is 0.533. The van der Waals surface area contributed by atoms with Crippen molar-refractivity contribution in [2.45, 2.75) is 39.5 Å². The number of benzene rings is 1. The van der Waals surface area contributed by atoms with Gasteiger partial charge in [-0.3, -0.25) is 10.6 Å². The zero-order valence-electron chi connectivity index (χ0n) is 11.8. The molecule has 0 radical (unpaired) electrons. The molecule has 0 unspecified atom stereocenters. The number of hydrogen-bond acceptors (Lipinski definition) is 3. The van der Waals surface area contributed by atoms with Crippen molar-refractivity contribution in [2.24, 2.45) is 11.3 Å². The fourth-order valence-corrected chi connectivity index (χ4v) is 2.77. The molecule has 0 saturated heterocycles. The Morgan fingerprint density at radius 2 is 2.05 bits per heavy atom. The van der Waals surface area contributed by atoms with Crippen molar-refractivity contribution in [1.82, 2.24) is 5.32 Å². The summed E-state index contributed by atoms with van der Waals surface area (Å²) < 4.78 is 0. The van der Waals surface area contributed by atoms with E-state index in [1.807, 2.05) is 25.1 Å². The van der Waals surface area contributed by atoms with Gasteiger partial charge in [0.05, 0.1) is 11.3 Å². The van der Waals surface area contributed by atoms with Crippen LogP contribution < -0.4 is 16.6 Å². The van der Waals surface area contributed by atoms with Crippen LogP contribution in [0, 0.1) is 12.3 Å². The molecule has 1 aliphatic carbocycles. The number of hydrogen-bond donors (Lipinski definition) is 3. The van der Waals surface area contributed by atoms with Gasteiger partial charge < -0.3 is 10.7 Å². The average Bonchev–Trinajstić information content (AvgIpc) is 2.83. The number of carbonyl (C=O) groups excluding carboxylic acids is 1. The van der Waals surface area contributed by atoms with Gasteiger partial charge in [-0.05, 0) is 37.3 Å². The van der Waals surface area contributed by atoms with Crippen LogP contribution in [0.4, 0.5) is 5.69 Å². The summed E-state index contributed by atoms with van der Waals surface area (Å²) in [6.07, 6.45) is 4.94. The van der Waals surface area contributed by atoms with Crippen molar-refractivity contribution in [3.63, 3.8) is 0 Å². The highest BCUT2D eigenvalue weighted by Crippen LogP contribution is 2.36. The Kier molecular flexibility index (Phi) is 4.10. The molecule has 1 fully saturated rings. The molecule has 19 heavy (non-hydrogen) atoms. The van der Waals surface area contributed by atoms with Gasteiger partial charge in [-0.2, -0.15) is 0 Å². The minimum Gasteiger partial charge on any atom is -0.351 e. The highest BCUT2D eigenvalue weighted by Gasteiger charge is 2.29. The zero-order valence-corrected chi connectivity index (χ0v) is 11.8. The Balaban J connectivity index is 2.05. The predicted molar refractivity (Wildman–Crippen MR) is 77.9 cm³/mol. The maximum atomic E-state index is 12.3. The lowest BCUT2D eigenvalue weighted by Crippen LogP contribution is -2.34. The van der Waals surface area contributed by atoms with Gasteiger partial charge in [0, 0.05) is 6.54 Å². The molecule has 1 amide bonds. The maximum Gasteiger partial charge on any atom is 0.253 e. The first-order chi connectivity index (χ1) is 9.04. The van der Waals surface area contributed by atoms with Gasteiger partial charge >= 0.3 is 0 Å². The number of carbonyl (C=O) groups is 1. The van der Waals surface area contributed by atoms with Crippen LogP contribution in [0.5, 0.6) is 0 Å². The normalized spacial score (nSPS) is 17.2. The van der Waals surface area contributed by atoms with Crippen molar-refractivity contribution in [3.05, 3.63) is 29.3 Å². The number of aryl methyl sites for hydroxylation is 1. The van der Waals surface area contributed by atoms with Crippen LogP contribution >= 0.6 is 0 Å². The van der Waals surface area contributed by atoms with E-state index in [2.05, 4.69) is 17.7 Å². The first kappa shape index (κ1) is 13.9. The van der Waals surface area contributed by atoms with Crippen LogP contribution in [-0.4, -0.2) is 12.5 Å².